The molecule has 6 nitrogen and oxygen atoms in total. The molecule has 0 spiro atoms. The molecule has 2 aromatic heterocycles. The summed E-state index contributed by atoms with van der Waals surface area (Å²) in [4.78, 5) is 17.1. The smallest absolute Gasteiger partial charge is 0.221 e. The summed E-state index contributed by atoms with van der Waals surface area (Å²) in [5.74, 6) is 0.000764. The SMILES string of the molecule is O=C(CCc1cc2n(n1)CCCNC2)N[C@@H](c1ccccc1)c1ccccn1. The van der Waals surface area contributed by atoms with Crippen molar-refractivity contribution in [1.29, 1.82) is 0 Å². The zero-order valence-electron chi connectivity index (χ0n) is 15.8. The van der Waals surface area contributed by atoms with Crippen LogP contribution < -0.4 is 10.6 Å². The van der Waals surface area contributed by atoms with Crippen molar-refractivity contribution in [3.63, 3.8) is 0 Å². The zero-order chi connectivity index (χ0) is 19.2. The maximum Gasteiger partial charge on any atom is 0.221 e. The summed E-state index contributed by atoms with van der Waals surface area (Å²) < 4.78 is 2.06. The van der Waals surface area contributed by atoms with Gasteiger partial charge in [-0.3, -0.25) is 14.5 Å². The van der Waals surface area contributed by atoms with Crippen LogP contribution in [0.2, 0.25) is 0 Å². The van der Waals surface area contributed by atoms with Crippen molar-refractivity contribution in [3.05, 3.63) is 83.4 Å². The molecule has 0 aliphatic carbocycles. The van der Waals surface area contributed by atoms with E-state index in [-0.39, 0.29) is 11.9 Å². The van der Waals surface area contributed by atoms with Gasteiger partial charge in [0.25, 0.3) is 0 Å². The number of rotatable bonds is 6. The molecule has 3 aromatic rings. The third kappa shape index (κ3) is 4.46. The molecule has 3 heterocycles. The van der Waals surface area contributed by atoms with E-state index < -0.39 is 0 Å². The first-order chi connectivity index (χ1) is 13.8. The molecule has 0 saturated heterocycles. The summed E-state index contributed by atoms with van der Waals surface area (Å²) in [5, 5.41) is 11.2. The van der Waals surface area contributed by atoms with Gasteiger partial charge in [0.05, 0.1) is 23.1 Å². The average molecular weight is 375 g/mol. The van der Waals surface area contributed by atoms with Crippen LogP contribution in [0.15, 0.2) is 60.8 Å². The highest BCUT2D eigenvalue weighted by Gasteiger charge is 2.18. The predicted octanol–water partition coefficient (Wildman–Crippen LogP) is 2.61. The number of amides is 1. The van der Waals surface area contributed by atoms with E-state index >= 15 is 0 Å². The van der Waals surface area contributed by atoms with Gasteiger partial charge in [0.2, 0.25) is 5.91 Å². The Bertz CT molecular complexity index is 844. The zero-order valence-corrected chi connectivity index (χ0v) is 15.8. The molecule has 0 fully saturated rings. The molecule has 144 valence electrons. The van der Waals surface area contributed by atoms with Crippen LogP contribution in [0.1, 0.15) is 41.5 Å². The second kappa shape index (κ2) is 8.80. The summed E-state index contributed by atoms with van der Waals surface area (Å²) in [6.07, 6.45) is 3.87. The van der Waals surface area contributed by atoms with Crippen molar-refractivity contribution in [2.45, 2.75) is 38.4 Å². The minimum Gasteiger partial charge on any atom is -0.344 e. The lowest BCUT2D eigenvalue weighted by atomic mass is 10.0. The Morgan fingerprint density at radius 2 is 2.04 bits per heavy atom. The van der Waals surface area contributed by atoms with Gasteiger partial charge in [-0.25, -0.2) is 0 Å². The van der Waals surface area contributed by atoms with E-state index in [0.29, 0.717) is 12.8 Å². The maximum absolute atomic E-state index is 12.7. The van der Waals surface area contributed by atoms with E-state index in [1.165, 1.54) is 5.69 Å². The first-order valence-electron chi connectivity index (χ1n) is 9.81. The van der Waals surface area contributed by atoms with Crippen LogP contribution >= 0.6 is 0 Å². The minimum absolute atomic E-state index is 0.000764. The lowest BCUT2D eigenvalue weighted by Gasteiger charge is -2.18. The largest absolute Gasteiger partial charge is 0.344 e. The molecular weight excluding hydrogens is 350 g/mol. The number of fused-ring (bicyclic) bond motifs is 1. The fraction of sp³-hybridized carbons (Fsp3) is 0.318. The highest BCUT2D eigenvalue weighted by Crippen LogP contribution is 2.20. The number of pyridine rings is 1. The molecule has 0 radical (unpaired) electrons. The van der Waals surface area contributed by atoms with Crippen molar-refractivity contribution in [3.8, 4) is 0 Å². The molecular formula is C22H25N5O. The Hall–Kier alpha value is -2.99. The van der Waals surface area contributed by atoms with Crippen molar-refractivity contribution < 1.29 is 4.79 Å². The molecule has 0 bridgehead atoms. The van der Waals surface area contributed by atoms with Crippen molar-refractivity contribution >= 4 is 5.91 Å². The van der Waals surface area contributed by atoms with E-state index in [2.05, 4.69) is 31.5 Å². The number of benzene rings is 1. The number of nitrogens with one attached hydrogen (secondary N) is 2. The number of aromatic nitrogens is 3. The summed E-state index contributed by atoms with van der Waals surface area (Å²) in [6, 6.07) is 17.6. The second-order valence-corrected chi connectivity index (χ2v) is 7.05. The molecule has 1 aromatic carbocycles. The molecule has 0 saturated carbocycles. The molecule has 1 aliphatic rings. The van der Waals surface area contributed by atoms with Gasteiger partial charge in [0, 0.05) is 32.1 Å². The Morgan fingerprint density at radius 3 is 2.86 bits per heavy atom. The molecule has 1 amide bonds. The molecule has 1 atom stereocenters. The minimum atomic E-state index is -0.252. The maximum atomic E-state index is 12.7. The van der Waals surface area contributed by atoms with E-state index in [4.69, 9.17) is 0 Å². The van der Waals surface area contributed by atoms with Gasteiger partial charge in [0.1, 0.15) is 0 Å². The van der Waals surface area contributed by atoms with Gasteiger partial charge >= 0.3 is 0 Å². The van der Waals surface area contributed by atoms with Crippen LogP contribution in [0.5, 0.6) is 0 Å². The van der Waals surface area contributed by atoms with E-state index in [1.807, 2.05) is 48.5 Å². The third-order valence-electron chi connectivity index (χ3n) is 4.97. The summed E-state index contributed by atoms with van der Waals surface area (Å²) in [7, 11) is 0. The van der Waals surface area contributed by atoms with Crippen molar-refractivity contribution in [1.82, 2.24) is 25.4 Å². The number of hydrogen-bond acceptors (Lipinski definition) is 4. The third-order valence-corrected chi connectivity index (χ3v) is 4.97. The lowest BCUT2D eigenvalue weighted by Crippen LogP contribution is -2.30. The molecule has 4 rings (SSSR count). The first kappa shape index (κ1) is 18.4. The van der Waals surface area contributed by atoms with E-state index in [0.717, 1.165) is 43.0 Å². The quantitative estimate of drug-likeness (QED) is 0.695. The number of carbonyl (C=O) groups excluding carboxylic acids is 1. The topological polar surface area (TPSA) is 71.8 Å². The van der Waals surface area contributed by atoms with Crippen LogP contribution in [0.4, 0.5) is 0 Å². The van der Waals surface area contributed by atoms with Gasteiger partial charge in [0.15, 0.2) is 0 Å². The van der Waals surface area contributed by atoms with Crippen LogP contribution in [0.25, 0.3) is 0 Å². The highest BCUT2D eigenvalue weighted by molar-refractivity contribution is 5.77. The molecule has 28 heavy (non-hydrogen) atoms. The van der Waals surface area contributed by atoms with Crippen LogP contribution in [-0.4, -0.2) is 27.2 Å². The van der Waals surface area contributed by atoms with Crippen molar-refractivity contribution in [2.75, 3.05) is 6.54 Å². The monoisotopic (exact) mass is 375 g/mol. The van der Waals surface area contributed by atoms with Crippen LogP contribution in [0.3, 0.4) is 0 Å². The van der Waals surface area contributed by atoms with E-state index in [9.17, 15) is 4.79 Å². The van der Waals surface area contributed by atoms with Gasteiger partial charge in [-0.1, -0.05) is 36.4 Å². The van der Waals surface area contributed by atoms with Gasteiger partial charge < -0.3 is 10.6 Å². The second-order valence-electron chi connectivity index (χ2n) is 7.05. The Balaban J connectivity index is 1.42. The van der Waals surface area contributed by atoms with Crippen molar-refractivity contribution in [2.24, 2.45) is 0 Å². The molecule has 0 unspecified atom stereocenters. The normalized spacial score (nSPS) is 14.7. The lowest BCUT2D eigenvalue weighted by molar-refractivity contribution is -0.121. The van der Waals surface area contributed by atoms with Gasteiger partial charge in [-0.15, -0.1) is 0 Å². The predicted molar refractivity (Wildman–Crippen MR) is 108 cm³/mol. The first-order valence-corrected chi connectivity index (χ1v) is 9.81. The summed E-state index contributed by atoms with van der Waals surface area (Å²) in [6.45, 7) is 2.80. The number of nitrogens with zero attached hydrogens (tertiary/aromatic N) is 3. The highest BCUT2D eigenvalue weighted by atomic mass is 16.1. The number of carbonyl (C=O) groups is 1. The Kier molecular flexibility index (Phi) is 5.77. The van der Waals surface area contributed by atoms with E-state index in [1.54, 1.807) is 6.20 Å². The fourth-order valence-corrected chi connectivity index (χ4v) is 3.54. The standard InChI is InChI=1S/C22H25N5O/c28-21(11-10-18-15-19-16-23-12-6-14-27(19)26-18)25-22(17-7-2-1-3-8-17)20-9-4-5-13-24-20/h1-5,7-9,13,15,22-23H,6,10-12,14,16H2,(H,25,28)/t22-/m0/s1. The van der Waals surface area contributed by atoms with Gasteiger partial charge in [-0.05, 0) is 36.7 Å². The van der Waals surface area contributed by atoms with Crippen LogP contribution in [0, 0.1) is 0 Å². The summed E-state index contributed by atoms with van der Waals surface area (Å²) in [5.41, 5.74) is 4.03. The Morgan fingerprint density at radius 1 is 1.18 bits per heavy atom. The van der Waals surface area contributed by atoms with Crippen LogP contribution in [-0.2, 0) is 24.3 Å². The van der Waals surface area contributed by atoms with Gasteiger partial charge in [-0.2, -0.15) is 5.10 Å². The Labute approximate surface area is 165 Å². The number of hydrogen-bond donors (Lipinski definition) is 2. The molecule has 1 aliphatic heterocycles. The fourth-order valence-electron chi connectivity index (χ4n) is 3.54. The molecule has 6 heteroatoms. The molecule has 2 N–H and O–H groups in total. The summed E-state index contributed by atoms with van der Waals surface area (Å²) >= 11 is 0. The average Bonchev–Trinajstić information content (AvgIpc) is 3.00. The number of aryl methyl sites for hydroxylation is 2.